The zero-order valence-electron chi connectivity index (χ0n) is 15.5. The normalized spacial score (nSPS) is 19.3. The second-order valence-electron chi connectivity index (χ2n) is 7.36. The summed E-state index contributed by atoms with van der Waals surface area (Å²) >= 11 is 2.41. The molecule has 138 valence electrons. The molecule has 26 heavy (non-hydrogen) atoms. The van der Waals surface area contributed by atoms with Gasteiger partial charge in [0, 0.05) is 12.7 Å². The highest BCUT2D eigenvalue weighted by Gasteiger charge is 2.52. The fraction of sp³-hybridized carbons (Fsp3) is 0.444. The third kappa shape index (κ3) is 3.98. The first kappa shape index (κ1) is 19.4. The van der Waals surface area contributed by atoms with Crippen molar-refractivity contribution in [3.8, 4) is 0 Å². The summed E-state index contributed by atoms with van der Waals surface area (Å²) in [7, 11) is -0.507. The van der Waals surface area contributed by atoms with Crippen LogP contribution in [0.15, 0.2) is 28.5 Å². The third-order valence-corrected chi connectivity index (χ3v) is 6.52. The molecule has 0 saturated carbocycles. The number of hydrogen-bond acceptors (Lipinski definition) is 6. The van der Waals surface area contributed by atoms with E-state index in [0.717, 1.165) is 21.3 Å². The molecular weight excluding hydrogens is 369 g/mol. The van der Waals surface area contributed by atoms with Crippen LogP contribution in [-0.2, 0) is 14.1 Å². The second kappa shape index (κ2) is 7.00. The molecule has 1 aliphatic rings. The number of H-pyrrole nitrogens is 1. The van der Waals surface area contributed by atoms with Crippen LogP contribution >= 0.6 is 23.1 Å². The van der Waals surface area contributed by atoms with Gasteiger partial charge >= 0.3 is 12.0 Å². The molecule has 8 heteroatoms. The van der Waals surface area contributed by atoms with Crippen molar-refractivity contribution in [3.05, 3.63) is 38.9 Å². The summed E-state index contributed by atoms with van der Waals surface area (Å²) in [6.45, 7) is 9.58. The number of carbonyl (C=O) groups excluding carboxylic acids is 1. The molecule has 1 aromatic carbocycles. The van der Waals surface area contributed by atoms with Gasteiger partial charge in [-0.15, -0.1) is 0 Å². The summed E-state index contributed by atoms with van der Waals surface area (Å²) in [4.78, 5) is 25.7. The van der Waals surface area contributed by atoms with Gasteiger partial charge in [0.2, 0.25) is 0 Å². The van der Waals surface area contributed by atoms with E-state index in [1.807, 2.05) is 52.0 Å². The third-order valence-electron chi connectivity index (χ3n) is 4.80. The maximum atomic E-state index is 11.5. The van der Waals surface area contributed by atoms with Gasteiger partial charge in [-0.1, -0.05) is 35.2 Å². The van der Waals surface area contributed by atoms with Gasteiger partial charge in [0.25, 0.3) is 0 Å². The molecule has 0 amide bonds. The molecule has 3 rings (SSSR count). The van der Waals surface area contributed by atoms with Crippen molar-refractivity contribution in [2.45, 2.75) is 45.8 Å². The van der Waals surface area contributed by atoms with Crippen molar-refractivity contribution in [3.63, 3.8) is 0 Å². The number of hydrogen-bond donors (Lipinski definition) is 1. The van der Waals surface area contributed by atoms with Crippen molar-refractivity contribution in [2.75, 3.05) is 5.75 Å². The standard InChI is InChI=1S/C18H22BNO4S2/c1-11(21)25-10-13(19-23-17(2,3)18(4,5)24-19)8-12-6-7-14-15(9-12)26-16(22)20-14/h6-9H,10H2,1-5H3,(H,20,22). The fourth-order valence-electron chi connectivity index (χ4n) is 2.62. The van der Waals surface area contributed by atoms with Gasteiger partial charge in [-0.25, -0.2) is 0 Å². The predicted octanol–water partition coefficient (Wildman–Crippen LogP) is 3.88. The van der Waals surface area contributed by atoms with Crippen molar-refractivity contribution in [1.29, 1.82) is 0 Å². The molecule has 0 aliphatic carbocycles. The average molecular weight is 391 g/mol. The maximum absolute atomic E-state index is 11.5. The molecule has 2 heterocycles. The van der Waals surface area contributed by atoms with Crippen LogP contribution in [0.5, 0.6) is 0 Å². The number of aromatic amines is 1. The first-order chi connectivity index (χ1) is 12.1. The summed E-state index contributed by atoms with van der Waals surface area (Å²) in [6, 6.07) is 5.79. The Bertz CT molecular complexity index is 913. The van der Waals surface area contributed by atoms with Gasteiger partial charge < -0.3 is 14.3 Å². The SMILES string of the molecule is CC(=O)SCC(=Cc1ccc2[nH]c(=O)sc2c1)B1OC(C)(C)C(C)(C)O1. The number of benzene rings is 1. The van der Waals surface area contributed by atoms with Crippen LogP contribution in [0.2, 0.25) is 0 Å². The van der Waals surface area contributed by atoms with E-state index in [1.165, 1.54) is 23.1 Å². The first-order valence-electron chi connectivity index (χ1n) is 8.40. The average Bonchev–Trinajstić information content (AvgIpc) is 2.98. The Labute approximate surface area is 161 Å². The number of nitrogens with one attached hydrogen (secondary N) is 1. The van der Waals surface area contributed by atoms with Crippen LogP contribution in [0.1, 0.15) is 40.2 Å². The van der Waals surface area contributed by atoms with Crippen molar-refractivity contribution >= 4 is 51.6 Å². The van der Waals surface area contributed by atoms with Crippen LogP contribution in [0, 0.1) is 0 Å². The summed E-state index contributed by atoms with van der Waals surface area (Å²) in [5, 5.41) is 0.0479. The molecule has 1 aromatic heterocycles. The minimum Gasteiger partial charge on any atom is -0.400 e. The molecule has 2 aromatic rings. The van der Waals surface area contributed by atoms with Crippen LogP contribution < -0.4 is 4.87 Å². The smallest absolute Gasteiger partial charge is 0.400 e. The number of thioether (sulfide) groups is 1. The molecule has 0 atom stereocenters. The number of aromatic nitrogens is 1. The molecule has 5 nitrogen and oxygen atoms in total. The van der Waals surface area contributed by atoms with Gasteiger partial charge in [-0.3, -0.25) is 9.59 Å². The van der Waals surface area contributed by atoms with Crippen LogP contribution in [0.4, 0.5) is 0 Å². The highest BCUT2D eigenvalue weighted by molar-refractivity contribution is 8.13. The topological polar surface area (TPSA) is 68.4 Å². The van der Waals surface area contributed by atoms with Gasteiger partial charge in [0.05, 0.1) is 21.4 Å². The molecule has 1 saturated heterocycles. The number of fused-ring (bicyclic) bond motifs is 1. The van der Waals surface area contributed by atoms with E-state index in [1.54, 1.807) is 6.92 Å². The van der Waals surface area contributed by atoms with E-state index >= 15 is 0 Å². The molecule has 0 bridgehead atoms. The Morgan fingerprint density at radius 1 is 1.27 bits per heavy atom. The number of carbonyl (C=O) groups is 1. The monoisotopic (exact) mass is 391 g/mol. The zero-order chi connectivity index (χ0) is 19.1. The summed E-state index contributed by atoms with van der Waals surface area (Å²) in [6.07, 6.45) is 1.99. The van der Waals surface area contributed by atoms with E-state index < -0.39 is 18.3 Å². The van der Waals surface area contributed by atoms with Crippen LogP contribution in [0.25, 0.3) is 16.3 Å². The lowest BCUT2D eigenvalue weighted by Gasteiger charge is -2.32. The lowest BCUT2D eigenvalue weighted by atomic mass is 9.78. The fourth-order valence-corrected chi connectivity index (χ4v) is 4.00. The van der Waals surface area contributed by atoms with Gasteiger partial charge in [-0.2, -0.15) is 0 Å². The number of rotatable bonds is 4. The van der Waals surface area contributed by atoms with Crippen molar-refractivity contribution < 1.29 is 14.1 Å². The number of thiazole rings is 1. The van der Waals surface area contributed by atoms with Gasteiger partial charge in [0.15, 0.2) is 5.12 Å². The predicted molar refractivity (Wildman–Crippen MR) is 110 cm³/mol. The summed E-state index contributed by atoms with van der Waals surface area (Å²) in [5.41, 5.74) is 1.78. The van der Waals surface area contributed by atoms with E-state index in [9.17, 15) is 9.59 Å². The molecule has 0 unspecified atom stereocenters. The lowest BCUT2D eigenvalue weighted by Crippen LogP contribution is -2.41. The Kier molecular flexibility index (Phi) is 5.23. The summed E-state index contributed by atoms with van der Waals surface area (Å²) in [5.74, 6) is 0.494. The molecular formula is C18H22BNO4S2. The Balaban J connectivity index is 1.95. The molecule has 1 N–H and O–H groups in total. The Hall–Kier alpha value is -1.35. The maximum Gasteiger partial charge on any atom is 0.491 e. The van der Waals surface area contributed by atoms with E-state index in [4.69, 9.17) is 9.31 Å². The van der Waals surface area contributed by atoms with Crippen LogP contribution in [0.3, 0.4) is 0 Å². The largest absolute Gasteiger partial charge is 0.491 e. The van der Waals surface area contributed by atoms with Gasteiger partial charge in [-0.05, 0) is 50.9 Å². The van der Waals surface area contributed by atoms with Gasteiger partial charge in [0.1, 0.15) is 0 Å². The minimum atomic E-state index is -0.507. The highest BCUT2D eigenvalue weighted by Crippen LogP contribution is 2.39. The quantitative estimate of drug-likeness (QED) is 0.801. The van der Waals surface area contributed by atoms with Crippen LogP contribution in [-0.4, -0.2) is 34.2 Å². The lowest BCUT2D eigenvalue weighted by molar-refractivity contribution is -0.109. The minimum absolute atomic E-state index is 0.0479. The Morgan fingerprint density at radius 3 is 2.54 bits per heavy atom. The highest BCUT2D eigenvalue weighted by atomic mass is 32.2. The first-order valence-corrected chi connectivity index (χ1v) is 10.2. The van der Waals surface area contributed by atoms with E-state index in [2.05, 4.69) is 4.98 Å². The summed E-state index contributed by atoms with van der Waals surface area (Å²) < 4.78 is 13.2. The Morgan fingerprint density at radius 2 is 1.92 bits per heavy atom. The second-order valence-corrected chi connectivity index (χ2v) is 9.52. The van der Waals surface area contributed by atoms with E-state index in [-0.39, 0.29) is 9.99 Å². The van der Waals surface area contributed by atoms with E-state index in [0.29, 0.717) is 5.75 Å². The van der Waals surface area contributed by atoms with Crippen molar-refractivity contribution in [1.82, 2.24) is 4.98 Å². The van der Waals surface area contributed by atoms with Crippen molar-refractivity contribution in [2.24, 2.45) is 0 Å². The zero-order valence-corrected chi connectivity index (χ0v) is 17.2. The molecule has 1 fully saturated rings. The molecule has 0 radical (unpaired) electrons. The molecule has 0 spiro atoms. The molecule has 1 aliphatic heterocycles.